The molecule has 1 fully saturated rings. The molecule has 1 saturated heterocycles. The van der Waals surface area contributed by atoms with Crippen LogP contribution in [0, 0.1) is 0 Å². The van der Waals surface area contributed by atoms with Crippen molar-refractivity contribution in [1.82, 2.24) is 24.4 Å². The van der Waals surface area contributed by atoms with Gasteiger partial charge in [0.25, 0.3) is 0 Å². The molecule has 2 aromatic carbocycles. The van der Waals surface area contributed by atoms with E-state index < -0.39 is 0 Å². The Balaban J connectivity index is 1.30. The molecule has 0 amide bonds. The molecule has 8 heteroatoms. The van der Waals surface area contributed by atoms with Gasteiger partial charge in [-0.2, -0.15) is 4.98 Å². The lowest BCUT2D eigenvalue weighted by Crippen LogP contribution is -2.44. The summed E-state index contributed by atoms with van der Waals surface area (Å²) in [6, 6.07) is 16.4. The van der Waals surface area contributed by atoms with Gasteiger partial charge in [0.05, 0.1) is 19.1 Å². The van der Waals surface area contributed by atoms with Gasteiger partial charge in [0.1, 0.15) is 5.52 Å². The molecule has 0 bridgehead atoms. The standard InChI is InChI=1S/C27H29N7O/c1-3-24(35)16-20-5-4-6-21(15-20)18-34-19-29-25-17-28-27(31-26(25)34)30-22-7-9-23(10-8-22)33-13-11-32(2)12-14-33/h3-10,15,17,19H,1,11-14,16,18H2,2H3,(H,28,30,31). The van der Waals surface area contributed by atoms with Gasteiger partial charge in [-0.15, -0.1) is 0 Å². The Labute approximate surface area is 204 Å². The zero-order valence-corrected chi connectivity index (χ0v) is 19.9. The van der Waals surface area contributed by atoms with Crippen LogP contribution in [0.2, 0.25) is 0 Å². The van der Waals surface area contributed by atoms with Gasteiger partial charge in [-0.3, -0.25) is 4.79 Å². The van der Waals surface area contributed by atoms with E-state index >= 15 is 0 Å². The number of ketones is 1. The third-order valence-electron chi connectivity index (χ3n) is 6.30. The summed E-state index contributed by atoms with van der Waals surface area (Å²) < 4.78 is 1.99. The number of benzene rings is 2. The molecule has 1 aliphatic heterocycles. The topological polar surface area (TPSA) is 79.2 Å². The fourth-order valence-electron chi connectivity index (χ4n) is 4.29. The van der Waals surface area contributed by atoms with E-state index in [0.29, 0.717) is 18.9 Å². The molecule has 2 aromatic heterocycles. The Hall–Kier alpha value is -4.04. The van der Waals surface area contributed by atoms with Gasteiger partial charge in [-0.1, -0.05) is 30.8 Å². The molecule has 5 rings (SSSR count). The molecule has 4 aromatic rings. The van der Waals surface area contributed by atoms with Gasteiger partial charge >= 0.3 is 0 Å². The highest BCUT2D eigenvalue weighted by atomic mass is 16.1. The zero-order chi connectivity index (χ0) is 24.2. The molecule has 0 atom stereocenters. The van der Waals surface area contributed by atoms with Crippen molar-refractivity contribution in [3.63, 3.8) is 0 Å². The third-order valence-corrected chi connectivity index (χ3v) is 6.30. The van der Waals surface area contributed by atoms with E-state index in [1.54, 1.807) is 12.5 Å². The molecule has 0 spiro atoms. The van der Waals surface area contributed by atoms with Gasteiger partial charge in [0.2, 0.25) is 5.95 Å². The summed E-state index contributed by atoms with van der Waals surface area (Å²) in [6.07, 6.45) is 5.22. The fraction of sp³-hybridized carbons (Fsp3) is 0.259. The molecule has 1 aliphatic rings. The Morgan fingerprint density at radius 2 is 1.83 bits per heavy atom. The quantitative estimate of drug-likeness (QED) is 0.396. The van der Waals surface area contributed by atoms with Crippen LogP contribution in [0.4, 0.5) is 17.3 Å². The van der Waals surface area contributed by atoms with Crippen LogP contribution in [-0.4, -0.2) is 63.4 Å². The van der Waals surface area contributed by atoms with Crippen LogP contribution in [-0.2, 0) is 17.8 Å². The lowest BCUT2D eigenvalue weighted by Gasteiger charge is -2.34. The van der Waals surface area contributed by atoms with Crippen LogP contribution in [0.1, 0.15) is 11.1 Å². The number of hydrogen-bond acceptors (Lipinski definition) is 7. The number of hydrogen-bond donors (Lipinski definition) is 1. The van der Waals surface area contributed by atoms with Crippen molar-refractivity contribution >= 4 is 34.3 Å². The number of fused-ring (bicyclic) bond motifs is 1. The maximum atomic E-state index is 11.7. The summed E-state index contributed by atoms with van der Waals surface area (Å²) in [6.45, 7) is 8.40. The third kappa shape index (κ3) is 5.38. The number of piperazine rings is 1. The molecular formula is C27H29N7O. The van der Waals surface area contributed by atoms with Crippen LogP contribution in [0.15, 0.2) is 73.7 Å². The van der Waals surface area contributed by atoms with Crippen molar-refractivity contribution in [2.45, 2.75) is 13.0 Å². The Morgan fingerprint density at radius 3 is 2.60 bits per heavy atom. The molecule has 35 heavy (non-hydrogen) atoms. The number of anilines is 3. The molecule has 0 aliphatic carbocycles. The minimum absolute atomic E-state index is 0.00949. The fourth-order valence-corrected chi connectivity index (χ4v) is 4.29. The van der Waals surface area contributed by atoms with Crippen LogP contribution in [0.25, 0.3) is 11.2 Å². The van der Waals surface area contributed by atoms with E-state index in [-0.39, 0.29) is 5.78 Å². The first-order chi connectivity index (χ1) is 17.1. The molecule has 8 nitrogen and oxygen atoms in total. The van der Waals surface area contributed by atoms with Crippen molar-refractivity contribution in [2.24, 2.45) is 0 Å². The minimum Gasteiger partial charge on any atom is -0.369 e. The van der Waals surface area contributed by atoms with E-state index in [4.69, 9.17) is 4.98 Å². The average molecular weight is 468 g/mol. The van der Waals surface area contributed by atoms with Crippen LogP contribution in [0.5, 0.6) is 0 Å². The van der Waals surface area contributed by atoms with E-state index in [9.17, 15) is 4.79 Å². The second-order valence-electron chi connectivity index (χ2n) is 8.90. The average Bonchev–Trinajstić information content (AvgIpc) is 3.27. The summed E-state index contributed by atoms with van der Waals surface area (Å²) in [5.74, 6) is 0.534. The van der Waals surface area contributed by atoms with Crippen molar-refractivity contribution in [1.29, 1.82) is 0 Å². The van der Waals surface area contributed by atoms with Crippen molar-refractivity contribution in [3.8, 4) is 0 Å². The lowest BCUT2D eigenvalue weighted by atomic mass is 10.1. The number of carbonyl (C=O) groups excluding carboxylic acids is 1. The number of nitrogens with one attached hydrogen (secondary N) is 1. The van der Waals surface area contributed by atoms with Gasteiger partial charge in [-0.05, 0) is 48.5 Å². The first-order valence-electron chi connectivity index (χ1n) is 11.8. The highest BCUT2D eigenvalue weighted by Crippen LogP contribution is 2.22. The van der Waals surface area contributed by atoms with Crippen LogP contribution in [0.3, 0.4) is 0 Å². The zero-order valence-electron chi connectivity index (χ0n) is 19.9. The van der Waals surface area contributed by atoms with E-state index in [1.165, 1.54) is 11.8 Å². The van der Waals surface area contributed by atoms with E-state index in [1.807, 2.05) is 28.8 Å². The lowest BCUT2D eigenvalue weighted by molar-refractivity contribution is -0.114. The van der Waals surface area contributed by atoms with E-state index in [2.05, 4.69) is 63.0 Å². The van der Waals surface area contributed by atoms with Crippen LogP contribution >= 0.6 is 0 Å². The summed E-state index contributed by atoms with van der Waals surface area (Å²) in [4.78, 5) is 30.1. The number of imidazole rings is 1. The number of rotatable bonds is 8. The first-order valence-corrected chi connectivity index (χ1v) is 11.8. The Bertz CT molecular complexity index is 1340. The second kappa shape index (κ2) is 10.1. The molecular weight excluding hydrogens is 438 g/mol. The molecule has 0 saturated carbocycles. The predicted octanol–water partition coefficient (Wildman–Crippen LogP) is 3.67. The number of allylic oxidation sites excluding steroid dienone is 1. The predicted molar refractivity (Wildman–Crippen MR) is 139 cm³/mol. The van der Waals surface area contributed by atoms with Crippen molar-refractivity contribution < 1.29 is 4.79 Å². The van der Waals surface area contributed by atoms with Gasteiger partial charge in [-0.25, -0.2) is 9.97 Å². The highest BCUT2D eigenvalue weighted by Gasteiger charge is 2.14. The molecule has 3 heterocycles. The smallest absolute Gasteiger partial charge is 0.229 e. The van der Waals surface area contributed by atoms with Gasteiger partial charge < -0.3 is 19.7 Å². The maximum absolute atomic E-state index is 11.7. The van der Waals surface area contributed by atoms with Crippen LogP contribution < -0.4 is 10.2 Å². The molecule has 1 N–H and O–H groups in total. The Morgan fingerprint density at radius 1 is 1.06 bits per heavy atom. The number of aromatic nitrogens is 4. The number of nitrogens with zero attached hydrogens (tertiary/aromatic N) is 6. The monoisotopic (exact) mass is 467 g/mol. The first kappa shape index (κ1) is 22.7. The molecule has 0 radical (unpaired) electrons. The summed E-state index contributed by atoms with van der Waals surface area (Å²) in [5.41, 5.74) is 5.70. The summed E-state index contributed by atoms with van der Waals surface area (Å²) in [7, 11) is 2.16. The largest absolute Gasteiger partial charge is 0.369 e. The number of likely N-dealkylation sites (N-methyl/N-ethyl adjacent to an activating group) is 1. The second-order valence-corrected chi connectivity index (χ2v) is 8.90. The van der Waals surface area contributed by atoms with Crippen molar-refractivity contribution in [3.05, 3.63) is 84.8 Å². The summed E-state index contributed by atoms with van der Waals surface area (Å²) in [5, 5.41) is 3.31. The molecule has 178 valence electrons. The molecule has 0 unspecified atom stereocenters. The van der Waals surface area contributed by atoms with Crippen molar-refractivity contribution in [2.75, 3.05) is 43.4 Å². The SMILES string of the molecule is C=CC(=O)Cc1cccc(Cn2cnc3cnc(Nc4ccc(N5CCN(C)CC5)cc4)nc32)c1. The summed E-state index contributed by atoms with van der Waals surface area (Å²) >= 11 is 0. The Kier molecular flexibility index (Phi) is 6.54. The van der Waals surface area contributed by atoms with Gasteiger partial charge in [0.15, 0.2) is 11.4 Å². The normalized spacial score (nSPS) is 14.3. The number of carbonyl (C=O) groups is 1. The minimum atomic E-state index is 0.00949. The maximum Gasteiger partial charge on any atom is 0.229 e. The highest BCUT2D eigenvalue weighted by molar-refractivity contribution is 5.90. The van der Waals surface area contributed by atoms with E-state index in [0.717, 1.165) is 54.2 Å². The van der Waals surface area contributed by atoms with Gasteiger partial charge in [0, 0.05) is 44.0 Å².